The minimum Gasteiger partial charge on any atom is -0.351 e. The summed E-state index contributed by atoms with van der Waals surface area (Å²) in [5, 5.41) is 3.15. The van der Waals surface area contributed by atoms with Gasteiger partial charge in [-0.2, -0.15) is 16.1 Å². The summed E-state index contributed by atoms with van der Waals surface area (Å²) in [5.41, 5.74) is 0.209. The van der Waals surface area contributed by atoms with Crippen LogP contribution >= 0.6 is 23.4 Å². The Labute approximate surface area is 177 Å². The first-order chi connectivity index (χ1) is 13.4. The summed E-state index contributed by atoms with van der Waals surface area (Å²) in [5.74, 6) is 1.24. The van der Waals surface area contributed by atoms with Crippen LogP contribution < -0.4 is 5.32 Å². The number of piperidine rings is 1. The summed E-state index contributed by atoms with van der Waals surface area (Å²) in [6.07, 6.45) is 3.64. The van der Waals surface area contributed by atoms with Gasteiger partial charge in [0.05, 0.1) is 15.5 Å². The van der Waals surface area contributed by atoms with Gasteiger partial charge in [0.25, 0.3) is 5.91 Å². The summed E-state index contributed by atoms with van der Waals surface area (Å²) < 4.78 is 27.2. The predicted molar refractivity (Wildman–Crippen MR) is 115 cm³/mol. The quantitative estimate of drug-likeness (QED) is 0.729. The molecular weight excluding hydrogens is 418 g/mol. The van der Waals surface area contributed by atoms with Gasteiger partial charge in [-0.1, -0.05) is 18.0 Å². The SMILES string of the molecule is C[C@H]1CCCCN1CCNC(=O)c1cc(S(=O)(=O)N2CCSCC2)ccc1Cl. The molecule has 0 saturated carbocycles. The molecule has 0 spiro atoms. The molecule has 0 unspecified atom stereocenters. The van der Waals surface area contributed by atoms with Crippen molar-refractivity contribution in [1.82, 2.24) is 14.5 Å². The highest BCUT2D eigenvalue weighted by molar-refractivity contribution is 7.99. The molecule has 6 nitrogen and oxygen atoms in total. The molecular formula is C19H28ClN3O3S2. The van der Waals surface area contributed by atoms with Crippen LogP contribution in [0.25, 0.3) is 0 Å². The fraction of sp³-hybridized carbons (Fsp3) is 0.632. The third-order valence-electron chi connectivity index (χ3n) is 5.42. The number of thioether (sulfide) groups is 1. The van der Waals surface area contributed by atoms with Gasteiger partial charge in [-0.05, 0) is 44.5 Å². The summed E-state index contributed by atoms with van der Waals surface area (Å²) in [6, 6.07) is 4.91. The first kappa shape index (κ1) is 21.9. The molecule has 0 radical (unpaired) electrons. The molecule has 2 aliphatic rings. The standard InChI is InChI=1S/C19H28ClN3O3S2/c1-15-4-2-3-8-22(15)9-7-21-19(24)17-14-16(5-6-18(17)20)28(25,26)23-10-12-27-13-11-23/h5-6,14-15H,2-4,7-13H2,1H3,(H,21,24)/t15-/m0/s1. The Hall–Kier alpha value is -0.800. The zero-order valence-corrected chi connectivity index (χ0v) is 18.6. The van der Waals surface area contributed by atoms with Crippen molar-refractivity contribution in [2.75, 3.05) is 44.2 Å². The summed E-state index contributed by atoms with van der Waals surface area (Å²) in [4.78, 5) is 15.1. The monoisotopic (exact) mass is 445 g/mol. The van der Waals surface area contributed by atoms with Crippen molar-refractivity contribution >= 4 is 39.3 Å². The number of sulfonamides is 1. The minimum atomic E-state index is -3.61. The highest BCUT2D eigenvalue weighted by Crippen LogP contribution is 2.25. The lowest BCUT2D eigenvalue weighted by Crippen LogP contribution is -2.42. The molecule has 1 aromatic carbocycles. The average Bonchev–Trinajstić information content (AvgIpc) is 2.70. The molecule has 28 heavy (non-hydrogen) atoms. The van der Waals surface area contributed by atoms with E-state index in [1.165, 1.54) is 41.8 Å². The zero-order chi connectivity index (χ0) is 20.1. The van der Waals surface area contributed by atoms with Gasteiger partial charge in [0.1, 0.15) is 0 Å². The van der Waals surface area contributed by atoms with Crippen LogP contribution in [0, 0.1) is 0 Å². The predicted octanol–water partition coefficient (Wildman–Crippen LogP) is 2.68. The van der Waals surface area contributed by atoms with E-state index < -0.39 is 10.0 Å². The maximum Gasteiger partial charge on any atom is 0.252 e. The largest absolute Gasteiger partial charge is 0.351 e. The van der Waals surface area contributed by atoms with Crippen molar-refractivity contribution in [2.24, 2.45) is 0 Å². The molecule has 1 amide bonds. The lowest BCUT2D eigenvalue weighted by molar-refractivity contribution is 0.0938. The van der Waals surface area contributed by atoms with E-state index in [0.29, 0.717) is 25.7 Å². The molecule has 2 saturated heterocycles. The first-order valence-corrected chi connectivity index (χ1v) is 12.8. The van der Waals surface area contributed by atoms with Crippen molar-refractivity contribution in [1.29, 1.82) is 0 Å². The molecule has 2 heterocycles. The number of halogens is 1. The van der Waals surface area contributed by atoms with Crippen molar-refractivity contribution in [3.8, 4) is 0 Å². The van der Waals surface area contributed by atoms with Crippen molar-refractivity contribution in [3.63, 3.8) is 0 Å². The normalized spacial score (nSPS) is 22.1. The number of carbonyl (C=O) groups excluding carboxylic acids is 1. The Bertz CT molecular complexity index is 798. The Morgan fingerprint density at radius 2 is 2.00 bits per heavy atom. The fourth-order valence-corrected chi connectivity index (χ4v) is 6.48. The average molecular weight is 446 g/mol. The maximum atomic E-state index is 12.9. The Morgan fingerprint density at radius 3 is 2.71 bits per heavy atom. The number of likely N-dealkylation sites (tertiary alicyclic amines) is 1. The second kappa shape index (κ2) is 9.80. The van der Waals surface area contributed by atoms with E-state index in [9.17, 15) is 13.2 Å². The number of hydrogen-bond acceptors (Lipinski definition) is 5. The molecule has 1 atom stereocenters. The Morgan fingerprint density at radius 1 is 1.25 bits per heavy atom. The van der Waals surface area contributed by atoms with Crippen LogP contribution in [0.2, 0.25) is 5.02 Å². The minimum absolute atomic E-state index is 0.124. The fourth-order valence-electron chi connectivity index (χ4n) is 3.67. The van der Waals surface area contributed by atoms with Crippen LogP contribution in [-0.4, -0.2) is 73.8 Å². The van der Waals surface area contributed by atoms with Crippen LogP contribution in [0.3, 0.4) is 0 Å². The van der Waals surface area contributed by atoms with E-state index in [-0.39, 0.29) is 21.4 Å². The van der Waals surface area contributed by atoms with Gasteiger partial charge in [-0.15, -0.1) is 0 Å². The van der Waals surface area contributed by atoms with Crippen LogP contribution in [-0.2, 0) is 10.0 Å². The number of rotatable bonds is 6. The van der Waals surface area contributed by atoms with Gasteiger partial charge in [-0.3, -0.25) is 9.69 Å². The maximum absolute atomic E-state index is 12.9. The van der Waals surface area contributed by atoms with Crippen LogP contribution in [0.15, 0.2) is 23.1 Å². The summed E-state index contributed by atoms with van der Waals surface area (Å²) >= 11 is 7.94. The van der Waals surface area contributed by atoms with E-state index in [2.05, 4.69) is 17.1 Å². The smallest absolute Gasteiger partial charge is 0.252 e. The van der Waals surface area contributed by atoms with Gasteiger partial charge < -0.3 is 5.32 Å². The van der Waals surface area contributed by atoms with E-state index >= 15 is 0 Å². The van der Waals surface area contributed by atoms with Crippen LogP contribution in [0.5, 0.6) is 0 Å². The van der Waals surface area contributed by atoms with Gasteiger partial charge in [-0.25, -0.2) is 8.42 Å². The van der Waals surface area contributed by atoms with Crippen molar-refractivity contribution in [3.05, 3.63) is 28.8 Å². The highest BCUT2D eigenvalue weighted by atomic mass is 35.5. The second-order valence-electron chi connectivity index (χ2n) is 7.29. The molecule has 0 aromatic heterocycles. The molecule has 156 valence electrons. The number of hydrogen-bond donors (Lipinski definition) is 1. The third kappa shape index (κ3) is 5.21. The van der Waals surface area contributed by atoms with Crippen molar-refractivity contribution < 1.29 is 13.2 Å². The third-order valence-corrected chi connectivity index (χ3v) is 8.58. The van der Waals surface area contributed by atoms with Crippen LogP contribution in [0.1, 0.15) is 36.5 Å². The lowest BCUT2D eigenvalue weighted by atomic mass is 10.0. The number of nitrogens with one attached hydrogen (secondary N) is 1. The van der Waals surface area contributed by atoms with E-state index in [0.717, 1.165) is 24.6 Å². The molecule has 9 heteroatoms. The number of nitrogens with zero attached hydrogens (tertiary/aromatic N) is 2. The van der Waals surface area contributed by atoms with Gasteiger partial charge in [0, 0.05) is 43.7 Å². The Kier molecular flexibility index (Phi) is 7.67. The summed E-state index contributed by atoms with van der Waals surface area (Å²) in [7, 11) is -3.61. The highest BCUT2D eigenvalue weighted by Gasteiger charge is 2.27. The molecule has 0 bridgehead atoms. The van der Waals surface area contributed by atoms with E-state index in [4.69, 9.17) is 11.6 Å². The number of benzene rings is 1. The molecule has 1 N–H and O–H groups in total. The zero-order valence-electron chi connectivity index (χ0n) is 16.2. The van der Waals surface area contributed by atoms with Gasteiger partial charge in [0.15, 0.2) is 0 Å². The lowest BCUT2D eigenvalue weighted by Gasteiger charge is -2.33. The van der Waals surface area contributed by atoms with Gasteiger partial charge in [0.2, 0.25) is 10.0 Å². The van der Waals surface area contributed by atoms with Crippen LogP contribution in [0.4, 0.5) is 0 Å². The molecule has 2 fully saturated rings. The summed E-state index contributed by atoms with van der Waals surface area (Å²) in [6.45, 7) is 5.55. The number of amides is 1. The van der Waals surface area contributed by atoms with E-state index in [1.54, 1.807) is 11.8 Å². The first-order valence-electron chi connectivity index (χ1n) is 9.79. The topological polar surface area (TPSA) is 69.7 Å². The molecule has 2 aliphatic heterocycles. The van der Waals surface area contributed by atoms with E-state index in [1.807, 2.05) is 0 Å². The molecule has 3 rings (SSSR count). The van der Waals surface area contributed by atoms with Gasteiger partial charge >= 0.3 is 0 Å². The molecule has 1 aromatic rings. The Balaban J connectivity index is 1.66. The second-order valence-corrected chi connectivity index (χ2v) is 10.9. The molecule has 0 aliphatic carbocycles. The van der Waals surface area contributed by atoms with Crippen molar-refractivity contribution in [2.45, 2.75) is 37.1 Å². The number of carbonyl (C=O) groups is 1.